The van der Waals surface area contributed by atoms with Crippen molar-refractivity contribution < 1.29 is 14.3 Å². The fourth-order valence-corrected chi connectivity index (χ4v) is 7.96. The number of aryl methyl sites for hydroxylation is 1. The normalized spacial score (nSPS) is 33.1. The highest BCUT2D eigenvalue weighted by Gasteiger charge is 2.56. The molecule has 0 radical (unpaired) electrons. The van der Waals surface area contributed by atoms with Gasteiger partial charge in [-0.05, 0) is 117 Å². The average molecular weight is 485 g/mol. The van der Waals surface area contributed by atoms with Crippen LogP contribution in [0.25, 0.3) is 0 Å². The molecule has 0 aliphatic heterocycles. The van der Waals surface area contributed by atoms with Gasteiger partial charge in [-0.15, -0.1) is 0 Å². The first-order valence-corrected chi connectivity index (χ1v) is 14.4. The molecule has 4 aliphatic carbocycles. The van der Waals surface area contributed by atoms with E-state index in [9.17, 15) is 4.79 Å². The standard InChI is InChI=1S/C33H40O3/c1-33-21-20-28-27-17-15-26(36-32(34)23-10-6-5-7-11-23)22-24(27)14-16-29(28)30(33)18-19-31(33)35-25-12-8-3-2-4-9-13-25/h5-7,10-12,15,17,22,28-31H,2-4,8-9,13-14,16,18-21H2,1H3/b25-12+/t28-,29-,30+,31+,33+/m1/s1. The second-order valence-electron chi connectivity index (χ2n) is 11.9. The molecule has 190 valence electrons. The summed E-state index contributed by atoms with van der Waals surface area (Å²) >= 11 is 0. The second kappa shape index (κ2) is 10.1. The van der Waals surface area contributed by atoms with Crippen LogP contribution >= 0.6 is 0 Å². The van der Waals surface area contributed by atoms with Gasteiger partial charge < -0.3 is 9.47 Å². The summed E-state index contributed by atoms with van der Waals surface area (Å²) in [5, 5.41) is 0. The predicted molar refractivity (Wildman–Crippen MR) is 143 cm³/mol. The molecule has 5 atom stereocenters. The Labute approximate surface area is 216 Å². The summed E-state index contributed by atoms with van der Waals surface area (Å²) in [6, 6.07) is 15.6. The maximum Gasteiger partial charge on any atom is 0.343 e. The summed E-state index contributed by atoms with van der Waals surface area (Å²) < 4.78 is 12.5. The number of hydrogen-bond donors (Lipinski definition) is 0. The molecule has 0 spiro atoms. The number of carbonyl (C=O) groups excluding carboxylic acids is 1. The Hall–Kier alpha value is -2.55. The number of esters is 1. The van der Waals surface area contributed by atoms with Gasteiger partial charge in [-0.3, -0.25) is 0 Å². The van der Waals surface area contributed by atoms with Gasteiger partial charge in [-0.1, -0.05) is 44.0 Å². The predicted octanol–water partition coefficient (Wildman–Crippen LogP) is 8.39. The van der Waals surface area contributed by atoms with E-state index in [0.29, 0.717) is 28.7 Å². The highest BCUT2D eigenvalue weighted by Crippen LogP contribution is 2.62. The Morgan fingerprint density at radius 2 is 1.78 bits per heavy atom. The zero-order valence-corrected chi connectivity index (χ0v) is 21.7. The van der Waals surface area contributed by atoms with Gasteiger partial charge in [0.25, 0.3) is 0 Å². The van der Waals surface area contributed by atoms with Gasteiger partial charge in [0.05, 0.1) is 11.3 Å². The lowest BCUT2D eigenvalue weighted by molar-refractivity contribution is -0.0410. The largest absolute Gasteiger partial charge is 0.495 e. The van der Waals surface area contributed by atoms with Crippen molar-refractivity contribution in [2.24, 2.45) is 17.3 Å². The average Bonchev–Trinajstić information content (AvgIpc) is 3.21. The maximum absolute atomic E-state index is 12.5. The monoisotopic (exact) mass is 484 g/mol. The van der Waals surface area contributed by atoms with Crippen LogP contribution in [-0.4, -0.2) is 12.1 Å². The fraction of sp³-hybridized carbons (Fsp3) is 0.545. The molecule has 0 N–H and O–H groups in total. The molecular formula is C33H40O3. The minimum atomic E-state index is -0.283. The smallest absolute Gasteiger partial charge is 0.343 e. The third-order valence-electron chi connectivity index (χ3n) is 9.87. The van der Waals surface area contributed by atoms with E-state index in [1.807, 2.05) is 24.3 Å². The molecule has 0 unspecified atom stereocenters. The third kappa shape index (κ3) is 4.51. The Morgan fingerprint density at radius 3 is 2.67 bits per heavy atom. The highest BCUT2D eigenvalue weighted by atomic mass is 16.5. The molecule has 6 rings (SSSR count). The molecule has 0 bridgehead atoms. The van der Waals surface area contributed by atoms with Crippen molar-refractivity contribution in [3.8, 4) is 5.75 Å². The first kappa shape index (κ1) is 23.8. The molecule has 0 amide bonds. The number of fused-ring (bicyclic) bond motifs is 5. The van der Waals surface area contributed by atoms with E-state index < -0.39 is 0 Å². The Bertz CT molecular complexity index is 1120. The molecule has 2 fully saturated rings. The lowest BCUT2D eigenvalue weighted by atomic mass is 9.55. The van der Waals surface area contributed by atoms with Crippen LogP contribution in [0.3, 0.4) is 0 Å². The van der Waals surface area contributed by atoms with E-state index in [1.165, 1.54) is 81.1 Å². The van der Waals surface area contributed by atoms with E-state index in [4.69, 9.17) is 9.47 Å². The fourth-order valence-electron chi connectivity index (χ4n) is 7.96. The van der Waals surface area contributed by atoms with E-state index in [0.717, 1.165) is 24.7 Å². The Morgan fingerprint density at radius 1 is 0.917 bits per heavy atom. The van der Waals surface area contributed by atoms with Crippen molar-refractivity contribution in [3.05, 3.63) is 77.1 Å². The van der Waals surface area contributed by atoms with Gasteiger partial charge in [0.1, 0.15) is 11.9 Å². The summed E-state index contributed by atoms with van der Waals surface area (Å²) in [5.74, 6) is 3.80. The van der Waals surface area contributed by atoms with Crippen molar-refractivity contribution in [1.29, 1.82) is 0 Å². The van der Waals surface area contributed by atoms with Gasteiger partial charge in [0.15, 0.2) is 0 Å². The molecule has 3 nitrogen and oxygen atoms in total. The van der Waals surface area contributed by atoms with Gasteiger partial charge in [-0.2, -0.15) is 0 Å². The molecule has 0 saturated heterocycles. The maximum atomic E-state index is 12.5. The van der Waals surface area contributed by atoms with Crippen LogP contribution in [-0.2, 0) is 11.2 Å². The topological polar surface area (TPSA) is 35.5 Å². The zero-order chi connectivity index (χ0) is 24.5. The number of benzene rings is 2. The summed E-state index contributed by atoms with van der Waals surface area (Å²) in [5.41, 5.74) is 3.77. The molecular weight excluding hydrogens is 444 g/mol. The lowest BCUT2D eigenvalue weighted by Crippen LogP contribution is -2.44. The first-order valence-electron chi connectivity index (χ1n) is 14.4. The first-order chi connectivity index (χ1) is 17.6. The molecule has 2 aromatic rings. The van der Waals surface area contributed by atoms with Crippen LogP contribution in [0.2, 0.25) is 0 Å². The minimum Gasteiger partial charge on any atom is -0.495 e. The second-order valence-corrected chi connectivity index (χ2v) is 11.9. The minimum absolute atomic E-state index is 0.283. The van der Waals surface area contributed by atoms with Crippen LogP contribution < -0.4 is 4.74 Å². The molecule has 2 aromatic carbocycles. The van der Waals surface area contributed by atoms with E-state index in [2.05, 4.69) is 25.1 Å². The number of ether oxygens (including phenoxy) is 2. The number of carbonyl (C=O) groups is 1. The molecule has 0 aromatic heterocycles. The van der Waals surface area contributed by atoms with Gasteiger partial charge in [0.2, 0.25) is 0 Å². The van der Waals surface area contributed by atoms with Crippen LogP contribution in [0.1, 0.15) is 105 Å². The number of rotatable bonds is 4. The lowest BCUT2D eigenvalue weighted by Gasteiger charge is -2.50. The van der Waals surface area contributed by atoms with E-state index >= 15 is 0 Å². The summed E-state index contributed by atoms with van der Waals surface area (Å²) in [6.07, 6.45) is 17.7. The van der Waals surface area contributed by atoms with Crippen molar-refractivity contribution >= 4 is 5.97 Å². The Kier molecular flexibility index (Phi) is 6.67. The molecule has 3 heteroatoms. The third-order valence-corrected chi connectivity index (χ3v) is 9.87. The number of hydrogen-bond acceptors (Lipinski definition) is 3. The van der Waals surface area contributed by atoms with Crippen molar-refractivity contribution in [3.63, 3.8) is 0 Å². The highest BCUT2D eigenvalue weighted by molar-refractivity contribution is 5.91. The van der Waals surface area contributed by atoms with Gasteiger partial charge in [-0.25, -0.2) is 4.79 Å². The van der Waals surface area contributed by atoms with Crippen LogP contribution in [0.4, 0.5) is 0 Å². The van der Waals surface area contributed by atoms with Crippen LogP contribution in [0.15, 0.2) is 60.4 Å². The summed E-state index contributed by atoms with van der Waals surface area (Å²) in [7, 11) is 0. The number of allylic oxidation sites excluding steroid dienone is 2. The van der Waals surface area contributed by atoms with Gasteiger partial charge >= 0.3 is 5.97 Å². The van der Waals surface area contributed by atoms with Crippen molar-refractivity contribution in [2.45, 2.75) is 96.0 Å². The van der Waals surface area contributed by atoms with Crippen molar-refractivity contribution in [1.82, 2.24) is 0 Å². The van der Waals surface area contributed by atoms with Gasteiger partial charge in [0, 0.05) is 11.8 Å². The van der Waals surface area contributed by atoms with E-state index in [-0.39, 0.29) is 5.97 Å². The molecule has 2 saturated carbocycles. The summed E-state index contributed by atoms with van der Waals surface area (Å²) in [4.78, 5) is 12.5. The molecule has 36 heavy (non-hydrogen) atoms. The van der Waals surface area contributed by atoms with Crippen LogP contribution in [0.5, 0.6) is 5.75 Å². The quantitative estimate of drug-likeness (QED) is 0.323. The van der Waals surface area contributed by atoms with Crippen molar-refractivity contribution in [2.75, 3.05) is 0 Å². The SMILES string of the molecule is C[C@]12CC[C@@H]3c4ccc(OC(=O)c5ccccc5)cc4CC[C@H]3[C@@H]1CC[C@@H]2O/C1=C/CCCCCC1. The summed E-state index contributed by atoms with van der Waals surface area (Å²) in [6.45, 7) is 2.54. The van der Waals surface area contributed by atoms with E-state index in [1.54, 1.807) is 12.1 Å². The Balaban J connectivity index is 1.16. The molecule has 4 aliphatic rings. The molecule has 0 heterocycles. The zero-order valence-electron chi connectivity index (χ0n) is 21.7. The van der Waals surface area contributed by atoms with Crippen LogP contribution in [0, 0.1) is 17.3 Å².